The van der Waals surface area contributed by atoms with Gasteiger partial charge in [0, 0.05) is 23.4 Å². The lowest BCUT2D eigenvalue weighted by Crippen LogP contribution is -2.48. The Kier molecular flexibility index (Phi) is 8.59. The van der Waals surface area contributed by atoms with Crippen LogP contribution in [0.1, 0.15) is 48.0 Å². The van der Waals surface area contributed by atoms with Crippen LogP contribution in [-0.4, -0.2) is 46.7 Å². The third-order valence-corrected chi connectivity index (χ3v) is 6.05. The third kappa shape index (κ3) is 6.77. The van der Waals surface area contributed by atoms with Crippen molar-refractivity contribution in [2.45, 2.75) is 45.1 Å². The highest BCUT2D eigenvalue weighted by Gasteiger charge is 2.29. The molecule has 1 fully saturated rings. The quantitative estimate of drug-likeness (QED) is 0.430. The first-order chi connectivity index (χ1) is 16.2. The Morgan fingerprint density at radius 2 is 1.82 bits per heavy atom. The number of hydrogen-bond donors (Lipinski definition) is 2. The molecule has 10 heteroatoms. The molecule has 34 heavy (non-hydrogen) atoms. The van der Waals surface area contributed by atoms with Gasteiger partial charge < -0.3 is 15.5 Å². The van der Waals surface area contributed by atoms with Crippen LogP contribution in [0.5, 0.6) is 0 Å². The normalized spacial score (nSPS) is 13.7. The maximum atomic E-state index is 13.3. The molecule has 0 radical (unpaired) electrons. The zero-order chi connectivity index (χ0) is 24.7. The SMILES string of the molecule is Cc1cccc(NC(=O)CNC(=O)CN(C(=O)c2ccc(Cl)c([N+](=O)[O-])c2)C2CCCCC2)c1. The van der Waals surface area contributed by atoms with E-state index in [1.807, 2.05) is 25.1 Å². The Hall–Kier alpha value is -3.46. The topological polar surface area (TPSA) is 122 Å². The first-order valence-electron chi connectivity index (χ1n) is 11.1. The van der Waals surface area contributed by atoms with Crippen LogP contribution in [0.4, 0.5) is 11.4 Å². The van der Waals surface area contributed by atoms with Crippen molar-refractivity contribution in [1.29, 1.82) is 0 Å². The minimum Gasteiger partial charge on any atom is -0.345 e. The molecule has 0 unspecified atom stereocenters. The molecule has 0 atom stereocenters. The molecule has 0 aromatic heterocycles. The molecular formula is C24H27ClN4O5. The Balaban J connectivity index is 1.68. The van der Waals surface area contributed by atoms with Crippen LogP contribution in [0.15, 0.2) is 42.5 Å². The van der Waals surface area contributed by atoms with Crippen LogP contribution in [-0.2, 0) is 9.59 Å². The van der Waals surface area contributed by atoms with Gasteiger partial charge in [-0.25, -0.2) is 0 Å². The molecule has 1 aliphatic carbocycles. The highest BCUT2D eigenvalue weighted by atomic mass is 35.5. The molecule has 0 saturated heterocycles. The summed E-state index contributed by atoms with van der Waals surface area (Å²) >= 11 is 5.88. The van der Waals surface area contributed by atoms with Crippen molar-refractivity contribution in [1.82, 2.24) is 10.2 Å². The second kappa shape index (κ2) is 11.6. The molecule has 0 spiro atoms. The summed E-state index contributed by atoms with van der Waals surface area (Å²) in [6, 6.07) is 11.0. The summed E-state index contributed by atoms with van der Waals surface area (Å²) in [5, 5.41) is 16.4. The van der Waals surface area contributed by atoms with E-state index in [0.29, 0.717) is 5.69 Å². The number of carbonyl (C=O) groups excluding carboxylic acids is 3. The average Bonchev–Trinajstić information content (AvgIpc) is 2.81. The molecule has 2 aromatic rings. The number of hydrogen-bond acceptors (Lipinski definition) is 5. The summed E-state index contributed by atoms with van der Waals surface area (Å²) in [7, 11) is 0. The molecular weight excluding hydrogens is 460 g/mol. The number of aryl methyl sites for hydroxylation is 1. The largest absolute Gasteiger partial charge is 0.345 e. The maximum Gasteiger partial charge on any atom is 0.288 e. The number of anilines is 1. The minimum absolute atomic E-state index is 0.0665. The van der Waals surface area contributed by atoms with E-state index in [4.69, 9.17) is 11.6 Å². The maximum absolute atomic E-state index is 13.3. The average molecular weight is 487 g/mol. The van der Waals surface area contributed by atoms with Crippen LogP contribution >= 0.6 is 11.6 Å². The Labute approximate surface area is 202 Å². The smallest absolute Gasteiger partial charge is 0.288 e. The van der Waals surface area contributed by atoms with E-state index >= 15 is 0 Å². The van der Waals surface area contributed by atoms with Crippen LogP contribution < -0.4 is 10.6 Å². The van der Waals surface area contributed by atoms with E-state index in [1.54, 1.807) is 6.07 Å². The van der Waals surface area contributed by atoms with Gasteiger partial charge in [-0.1, -0.05) is 43.0 Å². The minimum atomic E-state index is -0.649. The summed E-state index contributed by atoms with van der Waals surface area (Å²) in [6.07, 6.45) is 4.38. The van der Waals surface area contributed by atoms with Gasteiger partial charge in [0.2, 0.25) is 11.8 Å². The molecule has 2 N–H and O–H groups in total. The zero-order valence-electron chi connectivity index (χ0n) is 18.9. The molecule has 0 aliphatic heterocycles. The summed E-state index contributed by atoms with van der Waals surface area (Å²) in [5.41, 5.74) is 1.34. The fourth-order valence-electron chi connectivity index (χ4n) is 4.03. The van der Waals surface area contributed by atoms with E-state index in [0.717, 1.165) is 43.7 Å². The first kappa shape index (κ1) is 25.2. The number of halogens is 1. The number of nitrogens with zero attached hydrogens (tertiary/aromatic N) is 2. The Bertz CT molecular complexity index is 1080. The molecule has 3 amide bonds. The van der Waals surface area contributed by atoms with Gasteiger partial charge in [-0.05, 0) is 49.6 Å². The van der Waals surface area contributed by atoms with E-state index in [1.165, 1.54) is 17.0 Å². The van der Waals surface area contributed by atoms with Crippen LogP contribution in [0.3, 0.4) is 0 Å². The standard InChI is InChI=1S/C24H27ClN4O5/c1-16-6-5-7-18(12-16)27-22(30)14-26-23(31)15-28(19-8-3-2-4-9-19)24(32)17-10-11-20(25)21(13-17)29(33)34/h5-7,10-13,19H,2-4,8-9,14-15H2,1H3,(H,26,31)(H,27,30). The number of nitrogens with one attached hydrogen (secondary N) is 2. The fraction of sp³-hybridized carbons (Fsp3) is 0.375. The second-order valence-corrected chi connectivity index (χ2v) is 8.75. The number of carbonyl (C=O) groups is 3. The monoisotopic (exact) mass is 486 g/mol. The van der Waals surface area contributed by atoms with Crippen molar-refractivity contribution in [2.75, 3.05) is 18.4 Å². The van der Waals surface area contributed by atoms with Gasteiger partial charge in [0.15, 0.2) is 0 Å². The van der Waals surface area contributed by atoms with Gasteiger partial charge in [-0.15, -0.1) is 0 Å². The number of nitro groups is 1. The highest BCUT2D eigenvalue weighted by molar-refractivity contribution is 6.32. The lowest BCUT2D eigenvalue weighted by molar-refractivity contribution is -0.384. The van der Waals surface area contributed by atoms with E-state index in [9.17, 15) is 24.5 Å². The molecule has 1 aliphatic rings. The first-order valence-corrected chi connectivity index (χ1v) is 11.5. The molecule has 9 nitrogen and oxygen atoms in total. The van der Waals surface area contributed by atoms with Crippen molar-refractivity contribution >= 4 is 40.7 Å². The van der Waals surface area contributed by atoms with Gasteiger partial charge in [0.25, 0.3) is 11.6 Å². The summed E-state index contributed by atoms with van der Waals surface area (Å²) in [4.78, 5) is 50.2. The Morgan fingerprint density at radius 1 is 1.09 bits per heavy atom. The van der Waals surface area contributed by atoms with Crippen molar-refractivity contribution in [3.63, 3.8) is 0 Å². The highest BCUT2D eigenvalue weighted by Crippen LogP contribution is 2.28. The van der Waals surface area contributed by atoms with Crippen LogP contribution in [0.2, 0.25) is 5.02 Å². The summed E-state index contributed by atoms with van der Waals surface area (Å²) in [5.74, 6) is -1.35. The predicted molar refractivity (Wildman–Crippen MR) is 129 cm³/mol. The molecule has 0 heterocycles. The predicted octanol–water partition coefficient (Wildman–Crippen LogP) is 4.09. The van der Waals surface area contributed by atoms with Gasteiger partial charge in [0.05, 0.1) is 11.5 Å². The van der Waals surface area contributed by atoms with Crippen LogP contribution in [0.25, 0.3) is 0 Å². The van der Waals surface area contributed by atoms with Gasteiger partial charge in [0.1, 0.15) is 11.6 Å². The molecule has 0 bridgehead atoms. The number of benzene rings is 2. The molecule has 3 rings (SSSR count). The number of rotatable bonds is 8. The lowest BCUT2D eigenvalue weighted by Gasteiger charge is -2.34. The third-order valence-electron chi connectivity index (χ3n) is 5.73. The summed E-state index contributed by atoms with van der Waals surface area (Å²) < 4.78 is 0. The van der Waals surface area contributed by atoms with E-state index in [-0.39, 0.29) is 41.3 Å². The van der Waals surface area contributed by atoms with Crippen molar-refractivity contribution in [2.24, 2.45) is 0 Å². The van der Waals surface area contributed by atoms with Gasteiger partial charge >= 0.3 is 0 Å². The second-order valence-electron chi connectivity index (χ2n) is 8.34. The van der Waals surface area contributed by atoms with Crippen molar-refractivity contribution in [3.8, 4) is 0 Å². The lowest BCUT2D eigenvalue weighted by atomic mass is 9.93. The number of amides is 3. The van der Waals surface area contributed by atoms with Gasteiger partial charge in [-0.3, -0.25) is 24.5 Å². The van der Waals surface area contributed by atoms with Gasteiger partial charge in [-0.2, -0.15) is 0 Å². The van der Waals surface area contributed by atoms with E-state index in [2.05, 4.69) is 10.6 Å². The van der Waals surface area contributed by atoms with Crippen LogP contribution in [0, 0.1) is 17.0 Å². The Morgan fingerprint density at radius 3 is 2.50 bits per heavy atom. The number of nitro benzene ring substituents is 1. The van der Waals surface area contributed by atoms with Crippen molar-refractivity contribution < 1.29 is 19.3 Å². The fourth-order valence-corrected chi connectivity index (χ4v) is 4.21. The van der Waals surface area contributed by atoms with E-state index < -0.39 is 16.7 Å². The van der Waals surface area contributed by atoms with Crippen molar-refractivity contribution in [3.05, 3.63) is 68.7 Å². The molecule has 1 saturated carbocycles. The zero-order valence-corrected chi connectivity index (χ0v) is 19.6. The molecule has 180 valence electrons. The summed E-state index contributed by atoms with van der Waals surface area (Å²) in [6.45, 7) is 1.41. The molecule has 2 aromatic carbocycles.